The Hall–Kier alpha value is -1.89. The third-order valence-electron chi connectivity index (χ3n) is 3.26. The lowest BCUT2D eigenvalue weighted by Gasteiger charge is -2.17. The van der Waals surface area contributed by atoms with Crippen LogP contribution in [0.4, 0.5) is 0 Å². The van der Waals surface area contributed by atoms with E-state index in [4.69, 9.17) is 14.6 Å². The van der Waals surface area contributed by atoms with Gasteiger partial charge in [0, 0.05) is 6.54 Å². The molecular weight excluding hydrogens is 314 g/mol. The summed E-state index contributed by atoms with van der Waals surface area (Å²) >= 11 is 1.56. The minimum Gasteiger partial charge on any atom is -0.484 e. The molecule has 124 valence electrons. The number of carbonyl (C=O) groups excluding carboxylic acids is 1. The summed E-state index contributed by atoms with van der Waals surface area (Å²) in [5.41, 5.74) is 1.98. The highest BCUT2D eigenvalue weighted by atomic mass is 32.1. The second kappa shape index (κ2) is 9.29. The summed E-state index contributed by atoms with van der Waals surface area (Å²) in [6, 6.07) is 9.51. The predicted molar refractivity (Wildman–Crippen MR) is 89.8 cm³/mol. The van der Waals surface area contributed by atoms with Crippen LogP contribution in [0.15, 0.2) is 41.1 Å². The highest BCUT2D eigenvalue weighted by molar-refractivity contribution is 7.07. The van der Waals surface area contributed by atoms with Crippen molar-refractivity contribution in [3.63, 3.8) is 0 Å². The van der Waals surface area contributed by atoms with Gasteiger partial charge in [-0.15, -0.1) is 0 Å². The van der Waals surface area contributed by atoms with Crippen molar-refractivity contribution in [2.45, 2.75) is 13.0 Å². The molecule has 0 fully saturated rings. The molecule has 1 aromatic heterocycles. The monoisotopic (exact) mass is 335 g/mol. The van der Waals surface area contributed by atoms with Crippen LogP contribution in [0.5, 0.6) is 5.75 Å². The topological polar surface area (TPSA) is 67.8 Å². The first-order valence-electron chi connectivity index (χ1n) is 7.40. The maximum atomic E-state index is 11.9. The number of para-hydroxylation sites is 1. The van der Waals surface area contributed by atoms with E-state index in [9.17, 15) is 4.79 Å². The number of aryl methyl sites for hydroxylation is 1. The summed E-state index contributed by atoms with van der Waals surface area (Å²) < 4.78 is 11.1. The van der Waals surface area contributed by atoms with Gasteiger partial charge in [0.25, 0.3) is 5.91 Å². The number of carbonyl (C=O) groups is 1. The van der Waals surface area contributed by atoms with Crippen LogP contribution in [0.1, 0.15) is 17.2 Å². The van der Waals surface area contributed by atoms with Gasteiger partial charge in [-0.25, -0.2) is 0 Å². The van der Waals surface area contributed by atoms with Gasteiger partial charge in [0.2, 0.25) is 0 Å². The molecule has 1 aromatic carbocycles. The third kappa shape index (κ3) is 5.67. The number of hydrogen-bond acceptors (Lipinski definition) is 5. The maximum Gasteiger partial charge on any atom is 0.258 e. The second-order valence-corrected chi connectivity index (χ2v) is 5.78. The molecule has 1 unspecified atom stereocenters. The van der Waals surface area contributed by atoms with E-state index in [2.05, 4.69) is 5.32 Å². The second-order valence-electron chi connectivity index (χ2n) is 5.00. The van der Waals surface area contributed by atoms with Crippen LogP contribution in [0.2, 0.25) is 0 Å². The minimum atomic E-state index is -0.268. The molecule has 5 nitrogen and oxygen atoms in total. The molecule has 23 heavy (non-hydrogen) atoms. The van der Waals surface area contributed by atoms with Gasteiger partial charge in [0.05, 0.1) is 13.2 Å². The van der Waals surface area contributed by atoms with Gasteiger partial charge in [0.1, 0.15) is 11.9 Å². The van der Waals surface area contributed by atoms with E-state index in [0.29, 0.717) is 12.3 Å². The van der Waals surface area contributed by atoms with E-state index in [-0.39, 0.29) is 31.8 Å². The number of thiophene rings is 1. The number of rotatable bonds is 9. The maximum absolute atomic E-state index is 11.9. The van der Waals surface area contributed by atoms with Crippen molar-refractivity contribution < 1.29 is 19.4 Å². The lowest BCUT2D eigenvalue weighted by molar-refractivity contribution is -0.123. The fourth-order valence-electron chi connectivity index (χ4n) is 2.05. The number of benzene rings is 1. The molecule has 0 radical (unpaired) electrons. The highest BCUT2D eigenvalue weighted by Crippen LogP contribution is 2.19. The van der Waals surface area contributed by atoms with Crippen molar-refractivity contribution in [3.8, 4) is 5.75 Å². The van der Waals surface area contributed by atoms with Crippen LogP contribution in [0.25, 0.3) is 0 Å². The number of aliphatic hydroxyl groups is 1. The number of nitrogens with one attached hydrogen (secondary N) is 1. The molecule has 0 aliphatic rings. The van der Waals surface area contributed by atoms with E-state index >= 15 is 0 Å². The first-order valence-corrected chi connectivity index (χ1v) is 8.34. The van der Waals surface area contributed by atoms with Crippen LogP contribution >= 0.6 is 11.3 Å². The largest absolute Gasteiger partial charge is 0.484 e. The summed E-state index contributed by atoms with van der Waals surface area (Å²) in [6.07, 6.45) is -0.268. The van der Waals surface area contributed by atoms with Crippen molar-refractivity contribution in [2.24, 2.45) is 0 Å². The zero-order chi connectivity index (χ0) is 16.5. The van der Waals surface area contributed by atoms with Crippen molar-refractivity contribution >= 4 is 17.2 Å². The smallest absolute Gasteiger partial charge is 0.258 e. The lowest BCUT2D eigenvalue weighted by atomic mass is 10.2. The zero-order valence-corrected chi connectivity index (χ0v) is 13.8. The standard InChI is InChI=1S/C17H21NO4S/c1-13-4-2-3-5-15(13)22-11-17(20)18-10-16(21-8-7-19)14-6-9-23-12-14/h2-6,9,12,16,19H,7-8,10-11H2,1H3,(H,18,20). The summed E-state index contributed by atoms with van der Waals surface area (Å²) in [5, 5.41) is 15.6. The number of amides is 1. The molecule has 1 heterocycles. The van der Waals surface area contributed by atoms with E-state index in [1.54, 1.807) is 11.3 Å². The normalized spacial score (nSPS) is 11.9. The molecular formula is C17H21NO4S. The first kappa shape index (κ1) is 17.5. The van der Waals surface area contributed by atoms with E-state index in [0.717, 1.165) is 11.1 Å². The quantitative estimate of drug-likeness (QED) is 0.738. The van der Waals surface area contributed by atoms with Crippen molar-refractivity contribution in [1.29, 1.82) is 0 Å². The van der Waals surface area contributed by atoms with Crippen molar-refractivity contribution in [1.82, 2.24) is 5.32 Å². The van der Waals surface area contributed by atoms with Gasteiger partial charge in [0.15, 0.2) is 6.61 Å². The third-order valence-corrected chi connectivity index (χ3v) is 3.96. The molecule has 2 aromatic rings. The van der Waals surface area contributed by atoms with Crippen molar-refractivity contribution in [3.05, 3.63) is 52.2 Å². The Morgan fingerprint density at radius 1 is 1.35 bits per heavy atom. The lowest BCUT2D eigenvalue weighted by Crippen LogP contribution is -2.33. The zero-order valence-electron chi connectivity index (χ0n) is 13.0. The van der Waals surface area contributed by atoms with Gasteiger partial charge in [-0.2, -0.15) is 11.3 Å². The Balaban J connectivity index is 1.80. The van der Waals surface area contributed by atoms with Crippen LogP contribution in [-0.2, 0) is 9.53 Å². The summed E-state index contributed by atoms with van der Waals surface area (Å²) in [5.74, 6) is 0.495. The van der Waals surface area contributed by atoms with Crippen molar-refractivity contribution in [2.75, 3.05) is 26.4 Å². The Morgan fingerprint density at radius 3 is 2.87 bits per heavy atom. The van der Waals surface area contributed by atoms with Crippen LogP contribution < -0.4 is 10.1 Å². The summed E-state index contributed by atoms with van der Waals surface area (Å²) in [6.45, 7) is 2.41. The molecule has 1 atom stereocenters. The predicted octanol–water partition coefficient (Wildman–Crippen LogP) is 2.30. The minimum absolute atomic E-state index is 0.0405. The molecule has 0 saturated heterocycles. The van der Waals surface area contributed by atoms with E-state index < -0.39 is 0 Å². The molecule has 0 spiro atoms. The Labute approximate surface area is 139 Å². The molecule has 2 rings (SSSR count). The van der Waals surface area contributed by atoms with Gasteiger partial charge in [-0.3, -0.25) is 4.79 Å². The summed E-state index contributed by atoms with van der Waals surface area (Å²) in [4.78, 5) is 11.9. The van der Waals surface area contributed by atoms with E-state index in [1.165, 1.54) is 0 Å². The first-order chi connectivity index (χ1) is 11.2. The SMILES string of the molecule is Cc1ccccc1OCC(=O)NCC(OCCO)c1ccsc1. The Kier molecular flexibility index (Phi) is 7.06. The Bertz CT molecular complexity index is 600. The number of ether oxygens (including phenoxy) is 2. The average molecular weight is 335 g/mol. The molecule has 0 aliphatic carbocycles. The van der Waals surface area contributed by atoms with Gasteiger partial charge in [-0.1, -0.05) is 18.2 Å². The molecule has 0 aliphatic heterocycles. The average Bonchev–Trinajstić information content (AvgIpc) is 3.08. The number of hydrogen-bond donors (Lipinski definition) is 2. The number of aliphatic hydroxyl groups excluding tert-OH is 1. The molecule has 1 amide bonds. The molecule has 0 bridgehead atoms. The van der Waals surface area contributed by atoms with Gasteiger partial charge >= 0.3 is 0 Å². The molecule has 2 N–H and O–H groups in total. The van der Waals surface area contributed by atoms with Crippen LogP contribution in [-0.4, -0.2) is 37.4 Å². The Morgan fingerprint density at radius 2 is 2.17 bits per heavy atom. The molecule has 6 heteroatoms. The van der Waals surface area contributed by atoms with Crippen LogP contribution in [0, 0.1) is 6.92 Å². The highest BCUT2D eigenvalue weighted by Gasteiger charge is 2.14. The summed E-state index contributed by atoms with van der Waals surface area (Å²) in [7, 11) is 0. The molecule has 0 saturated carbocycles. The van der Waals surface area contributed by atoms with E-state index in [1.807, 2.05) is 48.0 Å². The van der Waals surface area contributed by atoms with Crippen LogP contribution in [0.3, 0.4) is 0 Å². The van der Waals surface area contributed by atoms with Gasteiger partial charge in [-0.05, 0) is 40.9 Å². The fourth-order valence-corrected chi connectivity index (χ4v) is 2.75. The van der Waals surface area contributed by atoms with Gasteiger partial charge < -0.3 is 19.9 Å². The fraction of sp³-hybridized carbons (Fsp3) is 0.353.